The van der Waals surface area contributed by atoms with Gasteiger partial charge in [0.1, 0.15) is 11.5 Å². The quantitative estimate of drug-likeness (QED) is 0.643. The minimum Gasteiger partial charge on any atom is -0.497 e. The highest BCUT2D eigenvalue weighted by Gasteiger charge is 2.06. The molecule has 2 aromatic rings. The van der Waals surface area contributed by atoms with Crippen LogP contribution in [0.15, 0.2) is 41.5 Å². The van der Waals surface area contributed by atoms with Crippen LogP contribution in [0.25, 0.3) is 0 Å². The lowest BCUT2D eigenvalue weighted by Crippen LogP contribution is -2.24. The van der Waals surface area contributed by atoms with E-state index in [9.17, 15) is 4.79 Å². The molecular formula is C18H19ClN2O3. The number of benzene rings is 2. The summed E-state index contributed by atoms with van der Waals surface area (Å²) < 4.78 is 10.6. The highest BCUT2D eigenvalue weighted by molar-refractivity contribution is 6.32. The molecule has 2 rings (SSSR count). The predicted octanol–water partition coefficient (Wildman–Crippen LogP) is 3.49. The van der Waals surface area contributed by atoms with Crippen molar-refractivity contribution in [2.75, 3.05) is 13.7 Å². The molecule has 0 unspecified atom stereocenters. The van der Waals surface area contributed by atoms with Crippen molar-refractivity contribution in [2.45, 2.75) is 13.8 Å². The number of halogens is 1. The number of methoxy groups -OCH3 is 1. The van der Waals surface area contributed by atoms with Crippen molar-refractivity contribution in [1.82, 2.24) is 5.43 Å². The molecule has 0 radical (unpaired) electrons. The van der Waals surface area contributed by atoms with Gasteiger partial charge < -0.3 is 9.47 Å². The largest absolute Gasteiger partial charge is 0.497 e. The number of amides is 1. The number of ether oxygens (including phenoxy) is 2. The summed E-state index contributed by atoms with van der Waals surface area (Å²) >= 11 is 6.10. The van der Waals surface area contributed by atoms with Gasteiger partial charge in [0.25, 0.3) is 5.91 Å². The zero-order valence-electron chi connectivity index (χ0n) is 13.8. The van der Waals surface area contributed by atoms with Crippen LogP contribution in [0.5, 0.6) is 11.5 Å². The second kappa shape index (κ2) is 8.36. The standard InChI is InChI=1S/C18H19ClN2O3/c1-12-7-16(8-13(2)18(12)19)24-11-17(22)21-20-10-14-5-4-6-15(9-14)23-3/h4-10H,11H2,1-3H3,(H,21,22)/b20-10+. The summed E-state index contributed by atoms with van der Waals surface area (Å²) in [6.07, 6.45) is 1.54. The number of carbonyl (C=O) groups is 1. The lowest BCUT2D eigenvalue weighted by Gasteiger charge is -2.09. The summed E-state index contributed by atoms with van der Waals surface area (Å²) in [4.78, 5) is 11.8. The second-order valence-electron chi connectivity index (χ2n) is 5.23. The Kier molecular flexibility index (Phi) is 6.21. The minimum atomic E-state index is -0.348. The summed E-state index contributed by atoms with van der Waals surface area (Å²) in [5, 5.41) is 4.60. The van der Waals surface area contributed by atoms with Crippen LogP contribution in [0.1, 0.15) is 16.7 Å². The van der Waals surface area contributed by atoms with Gasteiger partial charge in [0.15, 0.2) is 6.61 Å². The van der Waals surface area contributed by atoms with Gasteiger partial charge in [-0.05, 0) is 54.8 Å². The fourth-order valence-corrected chi connectivity index (χ4v) is 2.18. The molecule has 0 saturated carbocycles. The van der Waals surface area contributed by atoms with Crippen molar-refractivity contribution in [3.8, 4) is 11.5 Å². The molecular weight excluding hydrogens is 328 g/mol. The topological polar surface area (TPSA) is 59.9 Å². The van der Waals surface area contributed by atoms with Crippen molar-refractivity contribution in [3.63, 3.8) is 0 Å². The van der Waals surface area contributed by atoms with Crippen molar-refractivity contribution < 1.29 is 14.3 Å². The van der Waals surface area contributed by atoms with E-state index in [1.54, 1.807) is 19.2 Å². The lowest BCUT2D eigenvalue weighted by atomic mass is 10.1. The number of aryl methyl sites for hydroxylation is 2. The fourth-order valence-electron chi connectivity index (χ4n) is 2.07. The molecule has 0 aliphatic rings. The summed E-state index contributed by atoms with van der Waals surface area (Å²) in [5.41, 5.74) is 5.05. The second-order valence-corrected chi connectivity index (χ2v) is 5.61. The van der Waals surface area contributed by atoms with Gasteiger partial charge in [0.2, 0.25) is 0 Å². The van der Waals surface area contributed by atoms with Crippen LogP contribution in [0.3, 0.4) is 0 Å². The van der Waals surface area contributed by atoms with Gasteiger partial charge in [-0.25, -0.2) is 5.43 Å². The molecule has 0 heterocycles. The highest BCUT2D eigenvalue weighted by atomic mass is 35.5. The zero-order chi connectivity index (χ0) is 17.5. The number of carbonyl (C=O) groups excluding carboxylic acids is 1. The van der Waals surface area contributed by atoms with Crippen molar-refractivity contribution in [2.24, 2.45) is 5.10 Å². The molecule has 0 aliphatic carbocycles. The third-order valence-electron chi connectivity index (χ3n) is 3.28. The smallest absolute Gasteiger partial charge is 0.277 e. The van der Waals surface area contributed by atoms with Gasteiger partial charge in [-0.2, -0.15) is 5.10 Å². The first-order chi connectivity index (χ1) is 11.5. The Hall–Kier alpha value is -2.53. The summed E-state index contributed by atoms with van der Waals surface area (Å²) in [7, 11) is 1.59. The van der Waals surface area contributed by atoms with E-state index in [0.717, 1.165) is 22.4 Å². The van der Waals surface area contributed by atoms with Crippen LogP contribution < -0.4 is 14.9 Å². The maximum Gasteiger partial charge on any atom is 0.277 e. The third-order valence-corrected chi connectivity index (χ3v) is 3.87. The molecule has 0 saturated heterocycles. The molecule has 0 spiro atoms. The van der Waals surface area contributed by atoms with Crippen molar-refractivity contribution in [3.05, 3.63) is 58.1 Å². The average Bonchev–Trinajstić information content (AvgIpc) is 2.58. The monoisotopic (exact) mass is 346 g/mol. The summed E-state index contributed by atoms with van der Waals surface area (Å²) in [5.74, 6) is 0.975. The number of hydrazone groups is 1. The molecule has 0 fully saturated rings. The fraction of sp³-hybridized carbons (Fsp3) is 0.222. The number of nitrogens with zero attached hydrogens (tertiary/aromatic N) is 1. The summed E-state index contributed by atoms with van der Waals surface area (Å²) in [6, 6.07) is 10.9. The Bertz CT molecular complexity index is 737. The van der Waals surface area contributed by atoms with E-state index in [0.29, 0.717) is 10.8 Å². The molecule has 0 aromatic heterocycles. The Morgan fingerprint density at radius 3 is 2.58 bits per heavy atom. The van der Waals surface area contributed by atoms with Gasteiger partial charge >= 0.3 is 0 Å². The third kappa shape index (κ3) is 4.99. The number of hydrogen-bond acceptors (Lipinski definition) is 4. The maximum atomic E-state index is 11.8. The molecule has 126 valence electrons. The van der Waals surface area contributed by atoms with E-state index in [4.69, 9.17) is 21.1 Å². The van der Waals surface area contributed by atoms with Crippen LogP contribution in [0.4, 0.5) is 0 Å². The lowest BCUT2D eigenvalue weighted by molar-refractivity contribution is -0.123. The Morgan fingerprint density at radius 1 is 1.21 bits per heavy atom. The van der Waals surface area contributed by atoms with Gasteiger partial charge in [0, 0.05) is 5.02 Å². The van der Waals surface area contributed by atoms with E-state index in [1.165, 1.54) is 6.21 Å². The first-order valence-electron chi connectivity index (χ1n) is 7.35. The van der Waals surface area contributed by atoms with E-state index >= 15 is 0 Å². The van der Waals surface area contributed by atoms with E-state index < -0.39 is 0 Å². The molecule has 0 aliphatic heterocycles. The maximum absolute atomic E-state index is 11.8. The van der Waals surface area contributed by atoms with E-state index in [1.807, 2.05) is 38.1 Å². The van der Waals surface area contributed by atoms with Crippen LogP contribution in [-0.2, 0) is 4.79 Å². The van der Waals surface area contributed by atoms with Crippen LogP contribution in [-0.4, -0.2) is 25.8 Å². The van der Waals surface area contributed by atoms with Gasteiger partial charge in [-0.1, -0.05) is 23.7 Å². The van der Waals surface area contributed by atoms with Gasteiger partial charge in [-0.15, -0.1) is 0 Å². The molecule has 0 bridgehead atoms. The number of hydrogen-bond donors (Lipinski definition) is 1. The van der Waals surface area contributed by atoms with Gasteiger partial charge in [0.05, 0.1) is 13.3 Å². The number of nitrogens with one attached hydrogen (secondary N) is 1. The van der Waals surface area contributed by atoms with Crippen molar-refractivity contribution >= 4 is 23.7 Å². The van der Waals surface area contributed by atoms with Crippen LogP contribution in [0.2, 0.25) is 5.02 Å². The zero-order valence-corrected chi connectivity index (χ0v) is 14.6. The molecule has 0 atom stereocenters. The normalized spacial score (nSPS) is 10.7. The molecule has 24 heavy (non-hydrogen) atoms. The van der Waals surface area contributed by atoms with E-state index in [2.05, 4.69) is 10.5 Å². The molecule has 1 amide bonds. The predicted molar refractivity (Wildman–Crippen MR) is 95.2 cm³/mol. The SMILES string of the molecule is COc1cccc(/C=N/NC(=O)COc2cc(C)c(Cl)c(C)c2)c1. The van der Waals surface area contributed by atoms with Crippen LogP contribution >= 0.6 is 11.6 Å². The highest BCUT2D eigenvalue weighted by Crippen LogP contribution is 2.25. The number of rotatable bonds is 6. The molecule has 2 aromatic carbocycles. The average molecular weight is 347 g/mol. The Labute approximate surface area is 146 Å². The molecule has 6 heteroatoms. The van der Waals surface area contributed by atoms with Crippen LogP contribution in [0, 0.1) is 13.8 Å². The van der Waals surface area contributed by atoms with E-state index in [-0.39, 0.29) is 12.5 Å². The molecule has 5 nitrogen and oxygen atoms in total. The Balaban J connectivity index is 1.86. The Morgan fingerprint density at radius 2 is 1.92 bits per heavy atom. The first kappa shape index (κ1) is 17.8. The minimum absolute atomic E-state index is 0.129. The van der Waals surface area contributed by atoms with Gasteiger partial charge in [-0.3, -0.25) is 4.79 Å². The summed E-state index contributed by atoms with van der Waals surface area (Å²) in [6.45, 7) is 3.65. The first-order valence-corrected chi connectivity index (χ1v) is 7.73. The van der Waals surface area contributed by atoms with Crippen molar-refractivity contribution in [1.29, 1.82) is 0 Å². The molecule has 1 N–H and O–H groups in total.